The second-order valence-corrected chi connectivity index (χ2v) is 7.60. The van der Waals surface area contributed by atoms with Crippen LogP contribution in [0.3, 0.4) is 0 Å². The second kappa shape index (κ2) is 8.12. The van der Waals surface area contributed by atoms with Gasteiger partial charge in [-0.25, -0.2) is 4.98 Å². The van der Waals surface area contributed by atoms with Crippen molar-refractivity contribution in [2.24, 2.45) is 0 Å². The molecule has 0 bridgehead atoms. The van der Waals surface area contributed by atoms with Gasteiger partial charge in [-0.1, -0.05) is 36.4 Å². The van der Waals surface area contributed by atoms with Crippen molar-refractivity contribution in [1.29, 1.82) is 5.26 Å². The number of thioether (sulfide) groups is 1. The van der Waals surface area contributed by atoms with Gasteiger partial charge in [0, 0.05) is 28.6 Å². The van der Waals surface area contributed by atoms with Gasteiger partial charge in [0.05, 0.1) is 17.5 Å². The quantitative estimate of drug-likeness (QED) is 0.428. The number of pyridine rings is 1. The Bertz CT molecular complexity index is 1070. The van der Waals surface area contributed by atoms with Crippen LogP contribution in [0.2, 0.25) is 0 Å². The lowest BCUT2D eigenvalue weighted by molar-refractivity contribution is 1.09. The van der Waals surface area contributed by atoms with Crippen molar-refractivity contribution in [1.82, 2.24) is 15.0 Å². The molecule has 0 radical (unpaired) electrons. The number of benzene rings is 1. The van der Waals surface area contributed by atoms with Crippen LogP contribution in [0, 0.1) is 11.3 Å². The second-order valence-electron chi connectivity index (χ2n) is 5.69. The first-order valence-corrected chi connectivity index (χ1v) is 10.1. The molecule has 130 valence electrons. The van der Waals surface area contributed by atoms with E-state index in [0.29, 0.717) is 16.3 Å². The van der Waals surface area contributed by atoms with Crippen LogP contribution in [-0.2, 0) is 5.75 Å². The van der Waals surface area contributed by atoms with Crippen LogP contribution in [-0.4, -0.2) is 15.0 Å². The third-order valence-electron chi connectivity index (χ3n) is 3.93. The maximum Gasteiger partial charge on any atom is 0.116 e. The molecule has 0 spiro atoms. The fourth-order valence-corrected chi connectivity index (χ4v) is 4.36. The number of nitriles is 1. The molecule has 0 unspecified atom stereocenters. The zero-order chi connectivity index (χ0) is 18.5. The van der Waals surface area contributed by atoms with Crippen molar-refractivity contribution in [2.75, 3.05) is 0 Å². The molecule has 3 aromatic heterocycles. The molecule has 0 aliphatic carbocycles. The van der Waals surface area contributed by atoms with E-state index in [0.717, 1.165) is 21.9 Å². The van der Waals surface area contributed by atoms with Crippen LogP contribution in [0.15, 0.2) is 77.5 Å². The molecule has 4 rings (SSSR count). The summed E-state index contributed by atoms with van der Waals surface area (Å²) in [5, 5.41) is 12.6. The zero-order valence-electron chi connectivity index (χ0n) is 14.2. The van der Waals surface area contributed by atoms with E-state index in [1.165, 1.54) is 5.56 Å². The fraction of sp³-hybridized carbons (Fsp3) is 0.0476. The van der Waals surface area contributed by atoms with Crippen LogP contribution in [0.1, 0.15) is 11.1 Å². The highest BCUT2D eigenvalue weighted by molar-refractivity contribution is 7.98. The summed E-state index contributed by atoms with van der Waals surface area (Å²) in [4.78, 5) is 14.3. The van der Waals surface area contributed by atoms with Crippen molar-refractivity contribution in [2.45, 2.75) is 10.8 Å². The van der Waals surface area contributed by atoms with Gasteiger partial charge in [0.1, 0.15) is 16.8 Å². The Morgan fingerprint density at radius 2 is 1.93 bits per heavy atom. The van der Waals surface area contributed by atoms with Crippen molar-refractivity contribution in [3.05, 3.63) is 83.6 Å². The lowest BCUT2D eigenvalue weighted by Crippen LogP contribution is -1.97. The van der Waals surface area contributed by atoms with Crippen LogP contribution in [0.4, 0.5) is 0 Å². The number of hydrogen-bond donors (Lipinski definition) is 0. The number of rotatable bonds is 5. The van der Waals surface area contributed by atoms with Gasteiger partial charge >= 0.3 is 0 Å². The van der Waals surface area contributed by atoms with Crippen molar-refractivity contribution < 1.29 is 0 Å². The van der Waals surface area contributed by atoms with Crippen LogP contribution in [0.25, 0.3) is 21.8 Å². The van der Waals surface area contributed by atoms with Gasteiger partial charge in [0.2, 0.25) is 0 Å². The number of thiophene rings is 1. The smallest absolute Gasteiger partial charge is 0.116 e. The Morgan fingerprint density at radius 3 is 2.63 bits per heavy atom. The highest BCUT2D eigenvalue weighted by Gasteiger charge is 2.17. The maximum atomic E-state index is 9.83. The average Bonchev–Trinajstić information content (AvgIpc) is 3.27. The summed E-state index contributed by atoms with van der Waals surface area (Å²) >= 11 is 3.18. The summed E-state index contributed by atoms with van der Waals surface area (Å²) in [6, 6.07) is 18.5. The summed E-state index contributed by atoms with van der Waals surface area (Å²) in [6.45, 7) is 0. The average molecular weight is 387 g/mol. The topological polar surface area (TPSA) is 62.5 Å². The fourth-order valence-electron chi connectivity index (χ4n) is 2.65. The van der Waals surface area contributed by atoms with Gasteiger partial charge < -0.3 is 0 Å². The molecule has 27 heavy (non-hydrogen) atoms. The molecule has 0 amide bonds. The van der Waals surface area contributed by atoms with Gasteiger partial charge in [0.15, 0.2) is 0 Å². The van der Waals surface area contributed by atoms with E-state index in [-0.39, 0.29) is 0 Å². The Labute approximate surface area is 165 Å². The normalized spacial score (nSPS) is 10.5. The molecule has 0 aliphatic rings. The largest absolute Gasteiger partial charge is 0.261 e. The van der Waals surface area contributed by atoms with E-state index in [1.807, 2.05) is 41.8 Å². The van der Waals surface area contributed by atoms with Gasteiger partial charge in [-0.3, -0.25) is 9.97 Å². The first-order valence-electron chi connectivity index (χ1n) is 8.27. The van der Waals surface area contributed by atoms with Gasteiger partial charge in [-0.15, -0.1) is 23.1 Å². The molecule has 0 N–H and O–H groups in total. The van der Waals surface area contributed by atoms with Gasteiger partial charge in [0.25, 0.3) is 0 Å². The van der Waals surface area contributed by atoms with Crippen molar-refractivity contribution in [3.63, 3.8) is 0 Å². The SMILES string of the molecule is N#Cc1c(-c2cccs2)cc(-c2cnccn2)nc1SCc1ccccc1. The minimum Gasteiger partial charge on any atom is -0.261 e. The third kappa shape index (κ3) is 3.90. The van der Waals surface area contributed by atoms with Crippen LogP contribution < -0.4 is 0 Å². The molecule has 3 heterocycles. The Kier molecular flexibility index (Phi) is 5.24. The highest BCUT2D eigenvalue weighted by atomic mass is 32.2. The van der Waals surface area contributed by atoms with Crippen molar-refractivity contribution >= 4 is 23.1 Å². The van der Waals surface area contributed by atoms with E-state index >= 15 is 0 Å². The predicted octanol–water partition coefficient (Wildman–Crippen LogP) is 5.43. The predicted molar refractivity (Wildman–Crippen MR) is 109 cm³/mol. The van der Waals surface area contributed by atoms with Crippen LogP contribution in [0.5, 0.6) is 0 Å². The van der Waals surface area contributed by atoms with E-state index in [1.54, 1.807) is 41.7 Å². The minimum absolute atomic E-state index is 0.603. The molecule has 4 nitrogen and oxygen atoms in total. The molecule has 4 aromatic rings. The molecule has 0 fully saturated rings. The summed E-state index contributed by atoms with van der Waals surface area (Å²) in [5.74, 6) is 0.746. The lowest BCUT2D eigenvalue weighted by Gasteiger charge is -2.11. The Morgan fingerprint density at radius 1 is 1.04 bits per heavy atom. The Balaban J connectivity index is 1.80. The zero-order valence-corrected chi connectivity index (χ0v) is 15.9. The first-order chi connectivity index (χ1) is 13.3. The molecule has 6 heteroatoms. The maximum absolute atomic E-state index is 9.83. The molecular formula is C21H14N4S2. The van der Waals surface area contributed by atoms with E-state index in [2.05, 4.69) is 28.2 Å². The summed E-state index contributed by atoms with van der Waals surface area (Å²) in [6.07, 6.45) is 4.98. The number of aromatic nitrogens is 3. The Hall–Kier alpha value is -3.01. The molecule has 0 saturated heterocycles. The third-order valence-corrected chi connectivity index (χ3v) is 5.88. The number of hydrogen-bond acceptors (Lipinski definition) is 6. The van der Waals surface area contributed by atoms with E-state index < -0.39 is 0 Å². The monoisotopic (exact) mass is 386 g/mol. The minimum atomic E-state index is 0.603. The van der Waals surface area contributed by atoms with Gasteiger partial charge in [-0.2, -0.15) is 5.26 Å². The molecule has 0 saturated carbocycles. The summed E-state index contributed by atoms with van der Waals surface area (Å²) < 4.78 is 0. The summed E-state index contributed by atoms with van der Waals surface area (Å²) in [7, 11) is 0. The van der Waals surface area contributed by atoms with E-state index in [4.69, 9.17) is 4.98 Å². The standard InChI is InChI=1S/C21H14N4S2/c22-12-17-16(20-7-4-10-26-20)11-18(19-13-23-8-9-24-19)25-21(17)27-14-15-5-2-1-3-6-15/h1-11,13H,14H2. The number of nitrogens with zero attached hydrogens (tertiary/aromatic N) is 4. The van der Waals surface area contributed by atoms with Crippen molar-refractivity contribution in [3.8, 4) is 27.9 Å². The molecule has 1 aromatic carbocycles. The summed E-state index contributed by atoms with van der Waals surface area (Å²) in [5.41, 5.74) is 4.10. The molecule has 0 aliphatic heterocycles. The lowest BCUT2D eigenvalue weighted by atomic mass is 10.1. The molecular weight excluding hydrogens is 372 g/mol. The van der Waals surface area contributed by atoms with Crippen LogP contribution >= 0.6 is 23.1 Å². The molecule has 0 atom stereocenters. The first kappa shape index (κ1) is 17.4. The van der Waals surface area contributed by atoms with Gasteiger partial charge in [-0.05, 0) is 23.1 Å². The highest BCUT2D eigenvalue weighted by Crippen LogP contribution is 2.36. The van der Waals surface area contributed by atoms with E-state index in [9.17, 15) is 5.26 Å².